The average Bonchev–Trinajstić information content (AvgIpc) is 2.53. The number of aliphatic hydroxyl groups excluding tert-OH is 1. The molecule has 6 heteroatoms. The highest BCUT2D eigenvalue weighted by molar-refractivity contribution is 5.96. The van der Waals surface area contributed by atoms with Crippen LogP contribution in [0.5, 0.6) is 0 Å². The van der Waals surface area contributed by atoms with Gasteiger partial charge in [0.05, 0.1) is 25.9 Å². The van der Waals surface area contributed by atoms with Crippen LogP contribution in [-0.4, -0.2) is 60.8 Å². The number of carbonyl (C=O) groups is 2. The third-order valence-corrected chi connectivity index (χ3v) is 3.41. The number of hydrogen-bond donors (Lipinski definition) is 2. The first-order valence-corrected chi connectivity index (χ1v) is 6.95. The Labute approximate surface area is 123 Å². The van der Waals surface area contributed by atoms with Crippen LogP contribution in [-0.2, 0) is 9.53 Å². The monoisotopic (exact) mass is 292 g/mol. The van der Waals surface area contributed by atoms with E-state index in [1.165, 1.54) is 0 Å². The van der Waals surface area contributed by atoms with Gasteiger partial charge in [0.15, 0.2) is 0 Å². The number of aliphatic hydroxyl groups is 1. The van der Waals surface area contributed by atoms with E-state index in [1.54, 1.807) is 17.0 Å². The maximum atomic E-state index is 12.0. The fraction of sp³-hybridized carbons (Fsp3) is 0.467. The fourth-order valence-electron chi connectivity index (χ4n) is 2.13. The molecule has 1 aromatic carbocycles. The number of aryl methyl sites for hydroxylation is 1. The van der Waals surface area contributed by atoms with Gasteiger partial charge in [0.25, 0.3) is 5.91 Å². The van der Waals surface area contributed by atoms with Gasteiger partial charge in [-0.2, -0.15) is 0 Å². The summed E-state index contributed by atoms with van der Waals surface area (Å²) in [6.07, 6.45) is -0.337. The molecule has 2 N–H and O–H groups in total. The van der Waals surface area contributed by atoms with Crippen molar-refractivity contribution >= 4 is 11.8 Å². The summed E-state index contributed by atoms with van der Waals surface area (Å²) in [5, 5.41) is 11.7. The number of rotatable bonds is 4. The quantitative estimate of drug-likeness (QED) is 0.815. The van der Waals surface area contributed by atoms with Gasteiger partial charge in [0.2, 0.25) is 5.91 Å². The van der Waals surface area contributed by atoms with Crippen LogP contribution in [0.2, 0.25) is 0 Å². The minimum Gasteiger partial charge on any atom is -0.394 e. The highest BCUT2D eigenvalue weighted by atomic mass is 16.5. The highest BCUT2D eigenvalue weighted by Gasteiger charge is 2.23. The number of benzene rings is 1. The molecule has 1 heterocycles. The largest absolute Gasteiger partial charge is 0.394 e. The van der Waals surface area contributed by atoms with E-state index >= 15 is 0 Å². The average molecular weight is 292 g/mol. The van der Waals surface area contributed by atoms with Crippen LogP contribution >= 0.6 is 0 Å². The molecule has 1 saturated heterocycles. The first-order chi connectivity index (χ1) is 10.1. The molecule has 0 aromatic heterocycles. The molecular formula is C15H20N2O4. The van der Waals surface area contributed by atoms with Crippen molar-refractivity contribution in [2.24, 2.45) is 0 Å². The predicted molar refractivity (Wildman–Crippen MR) is 76.9 cm³/mol. The topological polar surface area (TPSA) is 78.9 Å². The highest BCUT2D eigenvalue weighted by Crippen LogP contribution is 2.05. The number of morpholine rings is 1. The van der Waals surface area contributed by atoms with E-state index in [-0.39, 0.29) is 31.1 Å². The van der Waals surface area contributed by atoms with Gasteiger partial charge in [-0.25, -0.2) is 0 Å². The van der Waals surface area contributed by atoms with Crippen LogP contribution in [0.3, 0.4) is 0 Å². The molecule has 1 aliphatic heterocycles. The van der Waals surface area contributed by atoms with Crippen molar-refractivity contribution in [3.8, 4) is 0 Å². The Bertz CT molecular complexity index is 501. The van der Waals surface area contributed by atoms with Crippen LogP contribution in [0, 0.1) is 6.92 Å². The molecule has 2 amide bonds. The van der Waals surface area contributed by atoms with Crippen molar-refractivity contribution in [3.63, 3.8) is 0 Å². The van der Waals surface area contributed by atoms with E-state index in [9.17, 15) is 9.59 Å². The number of hydrogen-bond acceptors (Lipinski definition) is 4. The summed E-state index contributed by atoms with van der Waals surface area (Å²) in [5.74, 6) is -0.437. The van der Waals surface area contributed by atoms with Crippen molar-refractivity contribution in [1.82, 2.24) is 10.2 Å². The molecule has 0 aliphatic carbocycles. The smallest absolute Gasteiger partial charge is 0.251 e. The lowest BCUT2D eigenvalue weighted by Gasteiger charge is -2.32. The Balaban J connectivity index is 1.83. The second kappa shape index (κ2) is 7.19. The number of nitrogens with one attached hydrogen (secondary N) is 1. The lowest BCUT2D eigenvalue weighted by molar-refractivity contribution is -0.139. The standard InChI is InChI=1S/C15H20N2O4/c1-11-2-4-12(5-3-11)15(20)16-8-14(19)17-6-7-21-13(9-17)10-18/h2-5,13,18H,6-10H2,1H3,(H,16,20). The Kier molecular flexibility index (Phi) is 5.30. The van der Waals surface area contributed by atoms with Crippen LogP contribution in [0.15, 0.2) is 24.3 Å². The molecule has 1 fully saturated rings. The zero-order valence-electron chi connectivity index (χ0n) is 12.0. The SMILES string of the molecule is Cc1ccc(C(=O)NCC(=O)N2CCOC(CO)C2)cc1. The van der Waals surface area contributed by atoms with E-state index in [4.69, 9.17) is 9.84 Å². The van der Waals surface area contributed by atoms with E-state index < -0.39 is 0 Å². The molecular weight excluding hydrogens is 272 g/mol. The van der Waals surface area contributed by atoms with Crippen molar-refractivity contribution in [2.75, 3.05) is 32.8 Å². The normalized spacial score (nSPS) is 18.4. The van der Waals surface area contributed by atoms with Crippen LogP contribution in [0.25, 0.3) is 0 Å². The van der Waals surface area contributed by atoms with E-state index in [0.717, 1.165) is 5.56 Å². The molecule has 6 nitrogen and oxygen atoms in total. The van der Waals surface area contributed by atoms with Crippen molar-refractivity contribution in [1.29, 1.82) is 0 Å². The number of carbonyl (C=O) groups excluding carboxylic acids is 2. The van der Waals surface area contributed by atoms with Crippen LogP contribution < -0.4 is 5.32 Å². The third-order valence-electron chi connectivity index (χ3n) is 3.41. The van der Waals surface area contributed by atoms with Gasteiger partial charge >= 0.3 is 0 Å². The second-order valence-corrected chi connectivity index (χ2v) is 5.06. The predicted octanol–water partition coefficient (Wildman–Crippen LogP) is -0.0555. The first kappa shape index (κ1) is 15.5. The van der Waals surface area contributed by atoms with Crippen LogP contribution in [0.1, 0.15) is 15.9 Å². The Morgan fingerprint density at radius 2 is 2.10 bits per heavy atom. The zero-order chi connectivity index (χ0) is 15.2. The Morgan fingerprint density at radius 1 is 1.38 bits per heavy atom. The molecule has 114 valence electrons. The van der Waals surface area contributed by atoms with Gasteiger partial charge in [-0.15, -0.1) is 0 Å². The Hall–Kier alpha value is -1.92. The summed E-state index contributed by atoms with van der Waals surface area (Å²) in [4.78, 5) is 25.5. The minimum atomic E-state index is -0.337. The molecule has 2 rings (SSSR count). The fourth-order valence-corrected chi connectivity index (χ4v) is 2.13. The molecule has 21 heavy (non-hydrogen) atoms. The van der Waals surface area contributed by atoms with Crippen molar-refractivity contribution in [3.05, 3.63) is 35.4 Å². The molecule has 1 aromatic rings. The molecule has 1 unspecified atom stereocenters. The van der Waals surface area contributed by atoms with Crippen molar-refractivity contribution in [2.45, 2.75) is 13.0 Å². The Morgan fingerprint density at radius 3 is 2.76 bits per heavy atom. The van der Waals surface area contributed by atoms with Crippen LogP contribution in [0.4, 0.5) is 0 Å². The van der Waals surface area contributed by atoms with Gasteiger partial charge in [0.1, 0.15) is 0 Å². The molecule has 1 aliphatic rings. The van der Waals surface area contributed by atoms with Gasteiger partial charge in [-0.3, -0.25) is 9.59 Å². The van der Waals surface area contributed by atoms with Gasteiger partial charge in [-0.05, 0) is 19.1 Å². The number of amides is 2. The maximum Gasteiger partial charge on any atom is 0.251 e. The van der Waals surface area contributed by atoms with E-state index in [0.29, 0.717) is 25.3 Å². The molecule has 0 saturated carbocycles. The summed E-state index contributed by atoms with van der Waals surface area (Å²) >= 11 is 0. The lowest BCUT2D eigenvalue weighted by Crippen LogP contribution is -2.49. The number of ether oxygens (including phenoxy) is 1. The van der Waals surface area contributed by atoms with E-state index in [1.807, 2.05) is 19.1 Å². The summed E-state index contributed by atoms with van der Waals surface area (Å²) in [7, 11) is 0. The molecule has 0 spiro atoms. The molecule has 0 bridgehead atoms. The third kappa shape index (κ3) is 4.27. The zero-order valence-corrected chi connectivity index (χ0v) is 12.0. The lowest BCUT2D eigenvalue weighted by atomic mass is 10.1. The number of nitrogens with zero attached hydrogens (tertiary/aromatic N) is 1. The molecule has 0 radical (unpaired) electrons. The minimum absolute atomic E-state index is 0.0507. The van der Waals surface area contributed by atoms with Gasteiger partial charge in [-0.1, -0.05) is 17.7 Å². The first-order valence-electron chi connectivity index (χ1n) is 6.95. The summed E-state index contributed by atoms with van der Waals surface area (Å²) in [5.41, 5.74) is 1.61. The maximum absolute atomic E-state index is 12.0. The second-order valence-electron chi connectivity index (χ2n) is 5.06. The van der Waals surface area contributed by atoms with Crippen molar-refractivity contribution < 1.29 is 19.4 Å². The summed E-state index contributed by atoms with van der Waals surface area (Å²) < 4.78 is 5.28. The van der Waals surface area contributed by atoms with Gasteiger partial charge < -0.3 is 20.1 Å². The van der Waals surface area contributed by atoms with E-state index in [2.05, 4.69) is 5.32 Å². The summed E-state index contributed by atoms with van der Waals surface area (Å²) in [6, 6.07) is 7.16. The van der Waals surface area contributed by atoms with Gasteiger partial charge in [0, 0.05) is 18.7 Å². The summed E-state index contributed by atoms with van der Waals surface area (Å²) in [6.45, 7) is 3.03. The molecule has 1 atom stereocenters.